The lowest BCUT2D eigenvalue weighted by Gasteiger charge is -2.32. The van der Waals surface area contributed by atoms with Crippen LogP contribution in [0.4, 0.5) is 3.89 Å². The Labute approximate surface area is 286 Å². The zero-order valence-electron chi connectivity index (χ0n) is 27.9. The highest BCUT2D eigenvalue weighted by molar-refractivity contribution is 7.94. The normalized spacial score (nSPS) is 16.0. The van der Waals surface area contributed by atoms with Gasteiger partial charge in [-0.25, -0.2) is 0 Å². The van der Waals surface area contributed by atoms with Crippen molar-refractivity contribution < 1.29 is 43.2 Å². The van der Waals surface area contributed by atoms with E-state index in [1.54, 1.807) is 26.8 Å². The number of carbonyl (C=O) groups is 5. The first-order valence-electron chi connectivity index (χ1n) is 16.5. The number of aliphatic carboxylic acids is 3. The number of nitrogens with one attached hydrogen (secondary N) is 1. The van der Waals surface area contributed by atoms with Gasteiger partial charge in [0.05, 0.1) is 38.3 Å². The molecule has 0 aromatic heterocycles. The molecular weight excluding hydrogens is 647 g/mol. The molecule has 2 amide bonds. The smallest absolute Gasteiger partial charge is 0.317 e. The maximum atomic E-state index is 13.0. The molecule has 0 aliphatic carbocycles. The first-order chi connectivity index (χ1) is 23.0. The first-order valence-corrected chi connectivity index (χ1v) is 17.2. The van der Waals surface area contributed by atoms with Gasteiger partial charge in [0.25, 0.3) is 0 Å². The number of amides is 2. The Balaban J connectivity index is 1.90. The number of hydrogen-bond donors (Lipinski definition) is 4. The van der Waals surface area contributed by atoms with Gasteiger partial charge in [-0.3, -0.25) is 43.6 Å². The molecule has 1 heterocycles. The number of rotatable bonds is 19. The summed E-state index contributed by atoms with van der Waals surface area (Å²) in [7, 11) is 0. The molecule has 1 aliphatic rings. The van der Waals surface area contributed by atoms with Crippen LogP contribution < -0.4 is 5.32 Å². The molecule has 16 heteroatoms. The average molecular weight is 699 g/mol. The highest BCUT2D eigenvalue weighted by atomic mass is 32.2. The summed E-state index contributed by atoms with van der Waals surface area (Å²) < 4.78 is 12.8. The summed E-state index contributed by atoms with van der Waals surface area (Å²) in [5, 5.41) is 31.0. The number of nitrogens with zero attached hydrogens (tertiary/aromatic N) is 5. The van der Waals surface area contributed by atoms with Crippen LogP contribution in [0.1, 0.15) is 44.6 Å². The van der Waals surface area contributed by atoms with E-state index in [-0.39, 0.29) is 50.1 Å². The van der Waals surface area contributed by atoms with Crippen molar-refractivity contribution in [3.05, 3.63) is 29.8 Å². The molecule has 0 atom stereocenters. The summed E-state index contributed by atoms with van der Waals surface area (Å²) >= 11 is 0.181. The van der Waals surface area contributed by atoms with E-state index in [9.17, 15) is 43.2 Å². The molecule has 0 radical (unpaired) electrons. The van der Waals surface area contributed by atoms with Crippen molar-refractivity contribution in [1.29, 1.82) is 0 Å². The topological polar surface area (TPSA) is 174 Å². The Hall–Kier alpha value is -3.31. The summed E-state index contributed by atoms with van der Waals surface area (Å²) in [6.07, 6.45) is 3.36. The van der Waals surface area contributed by atoms with E-state index < -0.39 is 17.9 Å². The van der Waals surface area contributed by atoms with Gasteiger partial charge in [-0.2, -0.15) is 3.89 Å². The molecule has 14 nitrogen and oxygen atoms in total. The van der Waals surface area contributed by atoms with E-state index in [1.165, 1.54) is 0 Å². The highest BCUT2D eigenvalue weighted by Crippen LogP contribution is 2.20. The Morgan fingerprint density at radius 3 is 1.60 bits per heavy atom. The van der Waals surface area contributed by atoms with Gasteiger partial charge in [0.15, 0.2) is 0 Å². The minimum atomic E-state index is -1.02. The fourth-order valence-corrected chi connectivity index (χ4v) is 5.58. The maximum absolute atomic E-state index is 13.0. The lowest BCUT2D eigenvalue weighted by atomic mass is 10.1. The quantitative estimate of drug-likeness (QED) is 0.154. The average Bonchev–Trinajstić information content (AvgIpc) is 3.03. The van der Waals surface area contributed by atoms with Crippen molar-refractivity contribution in [3.8, 4) is 0 Å². The molecule has 1 aromatic carbocycles. The van der Waals surface area contributed by atoms with Crippen LogP contribution in [0.3, 0.4) is 0 Å². The predicted octanol–water partition coefficient (Wildman–Crippen LogP) is 1.55. The first kappa shape index (κ1) is 40.9. The van der Waals surface area contributed by atoms with Crippen molar-refractivity contribution >= 4 is 41.9 Å². The zero-order valence-corrected chi connectivity index (χ0v) is 28.7. The SMILES string of the molecule is CCCCN(Cc1ccc(SF)cc1)C(=O)CCCCNC(=O)CN1CCN(CC(=O)O)CCN(CC(=O)O)CCN(CC(=O)O)CC1. The molecule has 1 fully saturated rings. The number of unbranched alkanes of at least 4 members (excludes halogenated alkanes) is 2. The second-order valence-electron chi connectivity index (χ2n) is 12.0. The lowest BCUT2D eigenvalue weighted by Crippen LogP contribution is -2.49. The van der Waals surface area contributed by atoms with Crippen molar-refractivity contribution in [1.82, 2.24) is 29.8 Å². The largest absolute Gasteiger partial charge is 0.480 e. The van der Waals surface area contributed by atoms with Crippen LogP contribution in [0.25, 0.3) is 0 Å². The van der Waals surface area contributed by atoms with E-state index >= 15 is 0 Å². The molecule has 1 aliphatic heterocycles. The second-order valence-corrected chi connectivity index (χ2v) is 12.6. The van der Waals surface area contributed by atoms with Crippen LogP contribution in [0.2, 0.25) is 0 Å². The van der Waals surface area contributed by atoms with E-state index in [0.29, 0.717) is 96.2 Å². The van der Waals surface area contributed by atoms with Gasteiger partial charge in [-0.05, 0) is 37.0 Å². The fourth-order valence-electron chi connectivity index (χ4n) is 5.34. The van der Waals surface area contributed by atoms with Crippen LogP contribution in [-0.2, 0) is 30.5 Å². The Bertz CT molecular complexity index is 1130. The molecule has 4 N–H and O–H groups in total. The lowest BCUT2D eigenvalue weighted by molar-refractivity contribution is -0.140. The third-order valence-corrected chi connectivity index (χ3v) is 8.48. The monoisotopic (exact) mass is 698 g/mol. The van der Waals surface area contributed by atoms with Crippen LogP contribution in [0.15, 0.2) is 29.2 Å². The molecule has 270 valence electrons. The van der Waals surface area contributed by atoms with Gasteiger partial charge < -0.3 is 25.5 Å². The summed E-state index contributed by atoms with van der Waals surface area (Å²) in [5.74, 6) is -3.24. The van der Waals surface area contributed by atoms with Gasteiger partial charge in [-0.15, -0.1) is 0 Å². The van der Waals surface area contributed by atoms with Gasteiger partial charge in [0.1, 0.15) is 0 Å². The van der Waals surface area contributed by atoms with E-state index in [2.05, 4.69) is 12.2 Å². The molecule has 1 aromatic rings. The number of hydrogen-bond acceptors (Lipinski definition) is 10. The number of halogens is 1. The van der Waals surface area contributed by atoms with E-state index in [4.69, 9.17) is 0 Å². The fraction of sp³-hybridized carbons (Fsp3) is 0.656. The van der Waals surface area contributed by atoms with Crippen LogP contribution in [-0.4, -0.2) is 161 Å². The van der Waals surface area contributed by atoms with Crippen molar-refractivity contribution in [3.63, 3.8) is 0 Å². The van der Waals surface area contributed by atoms with Crippen LogP contribution in [0, 0.1) is 0 Å². The number of benzene rings is 1. The second kappa shape index (κ2) is 23.1. The number of carboxylic acid groups (broad SMARTS) is 3. The Kier molecular flexibility index (Phi) is 19.7. The molecule has 1 saturated heterocycles. The van der Waals surface area contributed by atoms with E-state index in [1.807, 2.05) is 21.9 Å². The Morgan fingerprint density at radius 1 is 0.729 bits per heavy atom. The van der Waals surface area contributed by atoms with Gasteiger partial charge >= 0.3 is 17.9 Å². The van der Waals surface area contributed by atoms with Crippen molar-refractivity contribution in [2.45, 2.75) is 50.5 Å². The minimum Gasteiger partial charge on any atom is -0.480 e. The molecule has 0 unspecified atom stereocenters. The third-order valence-electron chi connectivity index (χ3n) is 8.03. The van der Waals surface area contributed by atoms with Gasteiger partial charge in [0.2, 0.25) is 11.8 Å². The number of carbonyl (C=O) groups excluding carboxylic acids is 2. The maximum Gasteiger partial charge on any atom is 0.317 e. The summed E-state index contributed by atoms with van der Waals surface area (Å²) in [5.41, 5.74) is 0.934. The molecule has 48 heavy (non-hydrogen) atoms. The van der Waals surface area contributed by atoms with E-state index in [0.717, 1.165) is 18.4 Å². The molecule has 0 bridgehead atoms. The van der Waals surface area contributed by atoms with Crippen LogP contribution in [0.5, 0.6) is 0 Å². The van der Waals surface area contributed by atoms with Gasteiger partial charge in [0, 0.05) is 83.3 Å². The molecule has 0 saturated carbocycles. The summed E-state index contributed by atoms with van der Waals surface area (Å²) in [6, 6.07) is 7.04. The Morgan fingerprint density at radius 2 is 1.19 bits per heavy atom. The van der Waals surface area contributed by atoms with Gasteiger partial charge in [-0.1, -0.05) is 25.5 Å². The van der Waals surface area contributed by atoms with Crippen molar-refractivity contribution in [2.75, 3.05) is 91.6 Å². The molecule has 0 spiro atoms. The summed E-state index contributed by atoms with van der Waals surface area (Å²) in [4.78, 5) is 69.5. The van der Waals surface area contributed by atoms with Crippen LogP contribution >= 0.6 is 12.1 Å². The third kappa shape index (κ3) is 17.7. The predicted molar refractivity (Wildman–Crippen MR) is 179 cm³/mol. The highest BCUT2D eigenvalue weighted by Gasteiger charge is 2.21. The summed E-state index contributed by atoms with van der Waals surface area (Å²) in [6.45, 7) is 5.45. The zero-order chi connectivity index (χ0) is 35.3. The molecule has 2 rings (SSSR count). The van der Waals surface area contributed by atoms with Crippen molar-refractivity contribution in [2.24, 2.45) is 0 Å². The number of carboxylic acids is 3. The molecular formula is C32H51FN6O8S. The standard InChI is InChI=1S/C32H51FN6O8S/c1-2-3-12-39(21-26-7-9-27(48-33)10-8-26)29(41)6-4-5-11-34-28(40)22-35-13-15-36(23-30(42)43)17-19-38(25-32(46)47)20-18-37(16-14-35)24-31(44)45/h7-10H,2-6,11-25H2,1H3,(H,34,40)(H,42,43)(H,44,45)(H,46,47). The minimum absolute atomic E-state index is 0.0287.